The minimum Gasteiger partial charge on any atom is -0.299 e. The molecule has 4 nitrogen and oxygen atoms in total. The molecule has 1 aliphatic rings. The topological polar surface area (TPSA) is 47.8 Å². The van der Waals surface area contributed by atoms with E-state index >= 15 is 0 Å². The van der Waals surface area contributed by atoms with Gasteiger partial charge < -0.3 is 0 Å². The van der Waals surface area contributed by atoms with Crippen LogP contribution in [0, 0.1) is 11.3 Å². The molecule has 0 radical (unpaired) electrons. The number of ketones is 1. The molecule has 17 heavy (non-hydrogen) atoms. The van der Waals surface area contributed by atoms with Gasteiger partial charge in [0.1, 0.15) is 17.9 Å². The van der Waals surface area contributed by atoms with Crippen LogP contribution in [-0.4, -0.2) is 20.5 Å². The van der Waals surface area contributed by atoms with E-state index in [9.17, 15) is 4.79 Å². The summed E-state index contributed by atoms with van der Waals surface area (Å²) in [7, 11) is 1.83. The van der Waals surface area contributed by atoms with Crippen LogP contribution in [0.1, 0.15) is 45.4 Å². The van der Waals surface area contributed by atoms with Crippen molar-refractivity contribution < 1.29 is 4.79 Å². The lowest BCUT2D eigenvalue weighted by Gasteiger charge is -2.37. The Balaban J connectivity index is 2.07. The maximum Gasteiger partial charge on any atom is 0.144 e. The average Bonchev–Trinajstić information content (AvgIpc) is 2.63. The van der Waals surface area contributed by atoms with Crippen molar-refractivity contribution in [3.05, 3.63) is 12.2 Å². The Kier molecular flexibility index (Phi) is 3.31. The van der Waals surface area contributed by atoms with Gasteiger partial charge in [-0.15, -0.1) is 0 Å². The standard InChI is InChI=1S/C13H21N3O/c1-13(2)7-5-4-6-10(13)11(17)8-12-14-9-15-16(12)3/h9-10H,4-8H2,1-3H3. The van der Waals surface area contributed by atoms with Crippen LogP contribution in [0.2, 0.25) is 0 Å². The van der Waals surface area contributed by atoms with Crippen molar-refractivity contribution in [1.82, 2.24) is 14.8 Å². The summed E-state index contributed by atoms with van der Waals surface area (Å²) in [6, 6.07) is 0. The highest BCUT2D eigenvalue weighted by Crippen LogP contribution is 2.41. The zero-order valence-electron chi connectivity index (χ0n) is 10.9. The molecule has 1 aromatic heterocycles. The van der Waals surface area contributed by atoms with Crippen LogP contribution in [0.4, 0.5) is 0 Å². The van der Waals surface area contributed by atoms with Crippen molar-refractivity contribution in [3.8, 4) is 0 Å². The van der Waals surface area contributed by atoms with Gasteiger partial charge in [-0.25, -0.2) is 4.98 Å². The molecule has 2 rings (SSSR count). The molecule has 1 aliphatic carbocycles. The molecule has 0 saturated heterocycles. The number of hydrogen-bond acceptors (Lipinski definition) is 3. The first-order chi connectivity index (χ1) is 8.00. The molecule has 0 aliphatic heterocycles. The van der Waals surface area contributed by atoms with Gasteiger partial charge in [-0.3, -0.25) is 9.48 Å². The molecule has 94 valence electrons. The molecule has 4 heteroatoms. The molecule has 1 saturated carbocycles. The van der Waals surface area contributed by atoms with Crippen molar-refractivity contribution >= 4 is 5.78 Å². The van der Waals surface area contributed by atoms with Gasteiger partial charge in [0, 0.05) is 13.0 Å². The van der Waals surface area contributed by atoms with E-state index in [-0.39, 0.29) is 11.3 Å². The fraction of sp³-hybridized carbons (Fsp3) is 0.769. The van der Waals surface area contributed by atoms with Crippen LogP contribution >= 0.6 is 0 Å². The van der Waals surface area contributed by atoms with Crippen LogP contribution < -0.4 is 0 Å². The lowest BCUT2D eigenvalue weighted by atomic mass is 9.67. The van der Waals surface area contributed by atoms with E-state index in [0.717, 1.165) is 18.7 Å². The first-order valence-electron chi connectivity index (χ1n) is 6.36. The third-order valence-corrected chi connectivity index (χ3v) is 4.03. The van der Waals surface area contributed by atoms with E-state index < -0.39 is 0 Å². The fourth-order valence-electron chi connectivity index (χ4n) is 2.85. The highest BCUT2D eigenvalue weighted by molar-refractivity contribution is 5.83. The maximum atomic E-state index is 12.4. The number of nitrogens with zero attached hydrogens (tertiary/aromatic N) is 3. The Hall–Kier alpha value is -1.19. The smallest absolute Gasteiger partial charge is 0.144 e. The molecule has 0 amide bonds. The Morgan fingerprint density at radius 3 is 2.88 bits per heavy atom. The van der Waals surface area contributed by atoms with E-state index in [4.69, 9.17) is 0 Å². The number of hydrogen-bond donors (Lipinski definition) is 0. The van der Waals surface area contributed by atoms with Gasteiger partial charge in [0.15, 0.2) is 0 Å². The highest BCUT2D eigenvalue weighted by atomic mass is 16.1. The second-order valence-electron chi connectivity index (χ2n) is 5.73. The van der Waals surface area contributed by atoms with Crippen molar-refractivity contribution in [2.75, 3.05) is 0 Å². The maximum absolute atomic E-state index is 12.4. The van der Waals surface area contributed by atoms with Gasteiger partial charge in [-0.1, -0.05) is 26.7 Å². The molecule has 1 aromatic rings. The molecule has 0 N–H and O–H groups in total. The van der Waals surface area contributed by atoms with Crippen molar-refractivity contribution in [2.24, 2.45) is 18.4 Å². The minimum atomic E-state index is 0.147. The third-order valence-electron chi connectivity index (χ3n) is 4.03. The first kappa shape index (κ1) is 12.3. The molecule has 1 atom stereocenters. The number of aromatic nitrogens is 3. The minimum absolute atomic E-state index is 0.147. The number of carbonyl (C=O) groups excluding carboxylic acids is 1. The number of rotatable bonds is 3. The lowest BCUT2D eigenvalue weighted by Crippen LogP contribution is -2.35. The second-order valence-corrected chi connectivity index (χ2v) is 5.73. The summed E-state index contributed by atoms with van der Waals surface area (Å²) in [5, 5.41) is 4.00. The summed E-state index contributed by atoms with van der Waals surface area (Å²) in [5.74, 6) is 1.29. The first-order valence-corrected chi connectivity index (χ1v) is 6.36. The molecular formula is C13H21N3O. The molecule has 1 fully saturated rings. The van der Waals surface area contributed by atoms with Gasteiger partial charge in [-0.2, -0.15) is 5.10 Å². The normalized spacial score (nSPS) is 23.6. The van der Waals surface area contributed by atoms with Crippen LogP contribution in [0.3, 0.4) is 0 Å². The van der Waals surface area contributed by atoms with E-state index in [0.29, 0.717) is 12.2 Å². The predicted molar refractivity (Wildman–Crippen MR) is 65.5 cm³/mol. The Morgan fingerprint density at radius 2 is 2.29 bits per heavy atom. The number of aryl methyl sites for hydroxylation is 1. The lowest BCUT2D eigenvalue weighted by molar-refractivity contribution is -0.127. The van der Waals surface area contributed by atoms with E-state index in [1.165, 1.54) is 19.2 Å². The molecular weight excluding hydrogens is 214 g/mol. The zero-order valence-corrected chi connectivity index (χ0v) is 10.9. The molecule has 0 aromatic carbocycles. The van der Waals surface area contributed by atoms with Gasteiger partial charge in [0.2, 0.25) is 0 Å². The Morgan fingerprint density at radius 1 is 1.53 bits per heavy atom. The van der Waals surface area contributed by atoms with Crippen LogP contribution in [0.25, 0.3) is 0 Å². The number of Topliss-reactive ketones (excluding diaryl/α,β-unsaturated/α-hetero) is 1. The van der Waals surface area contributed by atoms with Crippen LogP contribution in [0.5, 0.6) is 0 Å². The van der Waals surface area contributed by atoms with Crippen molar-refractivity contribution in [3.63, 3.8) is 0 Å². The monoisotopic (exact) mass is 235 g/mol. The fourth-order valence-corrected chi connectivity index (χ4v) is 2.85. The van der Waals surface area contributed by atoms with Crippen molar-refractivity contribution in [1.29, 1.82) is 0 Å². The summed E-state index contributed by atoms with van der Waals surface area (Å²) < 4.78 is 1.69. The SMILES string of the molecule is Cn1ncnc1CC(=O)C1CCCCC1(C)C. The van der Waals surface area contributed by atoms with Crippen LogP contribution in [0.15, 0.2) is 6.33 Å². The largest absolute Gasteiger partial charge is 0.299 e. The Labute approximate surface area is 102 Å². The van der Waals surface area contributed by atoms with Gasteiger partial charge in [0.25, 0.3) is 0 Å². The van der Waals surface area contributed by atoms with Crippen LogP contribution in [-0.2, 0) is 18.3 Å². The van der Waals surface area contributed by atoms with Gasteiger partial charge in [0.05, 0.1) is 6.42 Å². The summed E-state index contributed by atoms with van der Waals surface area (Å²) in [4.78, 5) is 16.5. The molecule has 1 heterocycles. The summed E-state index contributed by atoms with van der Waals surface area (Å²) >= 11 is 0. The summed E-state index contributed by atoms with van der Waals surface area (Å²) in [6.45, 7) is 4.43. The Bertz CT molecular complexity index is 409. The van der Waals surface area contributed by atoms with E-state index in [1.54, 1.807) is 4.68 Å². The average molecular weight is 235 g/mol. The van der Waals surface area contributed by atoms with Crippen molar-refractivity contribution in [2.45, 2.75) is 46.0 Å². The predicted octanol–water partition coefficient (Wildman–Crippen LogP) is 2.14. The quantitative estimate of drug-likeness (QED) is 0.806. The molecule has 1 unspecified atom stereocenters. The second kappa shape index (κ2) is 4.59. The van der Waals surface area contributed by atoms with E-state index in [2.05, 4.69) is 23.9 Å². The molecule has 0 bridgehead atoms. The van der Waals surface area contributed by atoms with E-state index in [1.807, 2.05) is 7.05 Å². The van der Waals surface area contributed by atoms with Gasteiger partial charge >= 0.3 is 0 Å². The molecule has 0 spiro atoms. The third kappa shape index (κ3) is 2.56. The summed E-state index contributed by atoms with van der Waals surface area (Å²) in [5.41, 5.74) is 0.147. The van der Waals surface area contributed by atoms with Gasteiger partial charge in [-0.05, 0) is 18.3 Å². The highest BCUT2D eigenvalue weighted by Gasteiger charge is 2.37. The summed E-state index contributed by atoms with van der Waals surface area (Å²) in [6.07, 6.45) is 6.55. The number of carbonyl (C=O) groups is 1. The zero-order chi connectivity index (χ0) is 12.5.